The quantitative estimate of drug-likeness (QED) is 0.771. The zero-order chi connectivity index (χ0) is 12.3. The minimum absolute atomic E-state index is 0.575. The predicted octanol–water partition coefficient (Wildman–Crippen LogP) is 3.74. The molecule has 0 bridgehead atoms. The predicted molar refractivity (Wildman–Crippen MR) is 69.9 cm³/mol. The van der Waals surface area contributed by atoms with Crippen LogP contribution in [-0.2, 0) is 6.54 Å². The minimum Gasteiger partial charge on any atom is -0.299 e. The molecule has 0 atom stereocenters. The summed E-state index contributed by atoms with van der Waals surface area (Å²) < 4.78 is 13.0. The third-order valence-electron chi connectivity index (χ3n) is 3.54. The molecule has 0 aromatic heterocycles. The number of halogens is 1. The molecule has 2 rings (SSSR count). The molecule has 1 aromatic carbocycles. The molecule has 1 aromatic rings. The van der Waals surface area contributed by atoms with Gasteiger partial charge < -0.3 is 0 Å². The number of benzene rings is 1. The summed E-state index contributed by atoms with van der Waals surface area (Å²) in [6, 6.07) is 8.77. The fourth-order valence-electron chi connectivity index (χ4n) is 2.37. The average Bonchev–Trinajstić information content (AvgIpc) is 2.32. The molecule has 0 aliphatic carbocycles. The molecule has 0 unspecified atom stereocenters. The lowest BCUT2D eigenvalue weighted by Crippen LogP contribution is -2.33. The van der Waals surface area contributed by atoms with Gasteiger partial charge in [0.1, 0.15) is 6.17 Å². The van der Waals surface area contributed by atoms with Crippen LogP contribution in [0.5, 0.6) is 0 Å². The van der Waals surface area contributed by atoms with Gasteiger partial charge in [-0.3, -0.25) is 4.90 Å². The van der Waals surface area contributed by atoms with Crippen LogP contribution in [0.2, 0.25) is 0 Å². The number of hydrogen-bond donors (Lipinski definition) is 0. The fraction of sp³-hybridized carbons (Fsp3) is 0.600. The van der Waals surface area contributed by atoms with Crippen molar-refractivity contribution in [1.82, 2.24) is 4.90 Å². The van der Waals surface area contributed by atoms with E-state index in [2.05, 4.69) is 43.0 Å². The van der Waals surface area contributed by atoms with Gasteiger partial charge in [0, 0.05) is 19.6 Å². The molecule has 0 amide bonds. The molecule has 1 heterocycles. The van der Waals surface area contributed by atoms with E-state index in [-0.39, 0.29) is 0 Å². The van der Waals surface area contributed by atoms with Crippen LogP contribution in [0.25, 0.3) is 0 Å². The zero-order valence-corrected chi connectivity index (χ0v) is 10.8. The standard InChI is InChI=1S/C15H22FN/c1-12(2)14-5-3-4-13(10-14)11-17-8-6-15(16)7-9-17/h3-5,10,12,15H,6-9,11H2,1-2H3. The Labute approximate surface area is 104 Å². The van der Waals surface area contributed by atoms with Gasteiger partial charge in [-0.15, -0.1) is 0 Å². The van der Waals surface area contributed by atoms with Gasteiger partial charge in [0.2, 0.25) is 0 Å². The Morgan fingerprint density at radius 3 is 2.65 bits per heavy atom. The molecule has 1 fully saturated rings. The van der Waals surface area contributed by atoms with Gasteiger partial charge in [-0.25, -0.2) is 4.39 Å². The summed E-state index contributed by atoms with van der Waals surface area (Å²) in [5.41, 5.74) is 2.75. The van der Waals surface area contributed by atoms with Crippen LogP contribution < -0.4 is 0 Å². The van der Waals surface area contributed by atoms with Crippen molar-refractivity contribution >= 4 is 0 Å². The Morgan fingerprint density at radius 1 is 1.29 bits per heavy atom. The highest BCUT2D eigenvalue weighted by Crippen LogP contribution is 2.19. The molecule has 17 heavy (non-hydrogen) atoms. The number of alkyl halides is 1. The SMILES string of the molecule is CC(C)c1cccc(CN2CCC(F)CC2)c1. The molecule has 2 heteroatoms. The second-order valence-electron chi connectivity index (χ2n) is 5.35. The highest BCUT2D eigenvalue weighted by Gasteiger charge is 2.18. The molecular weight excluding hydrogens is 213 g/mol. The van der Waals surface area contributed by atoms with Crippen LogP contribution in [0.3, 0.4) is 0 Å². The van der Waals surface area contributed by atoms with Gasteiger partial charge in [-0.2, -0.15) is 0 Å². The van der Waals surface area contributed by atoms with Gasteiger partial charge in [0.25, 0.3) is 0 Å². The van der Waals surface area contributed by atoms with Gasteiger partial charge in [-0.1, -0.05) is 38.1 Å². The molecule has 1 aliphatic rings. The van der Waals surface area contributed by atoms with E-state index in [4.69, 9.17) is 0 Å². The zero-order valence-electron chi connectivity index (χ0n) is 10.8. The lowest BCUT2D eigenvalue weighted by molar-refractivity contribution is 0.145. The van der Waals surface area contributed by atoms with Crippen molar-refractivity contribution in [2.24, 2.45) is 0 Å². The third kappa shape index (κ3) is 3.53. The van der Waals surface area contributed by atoms with Crippen LogP contribution in [-0.4, -0.2) is 24.2 Å². The number of hydrogen-bond acceptors (Lipinski definition) is 1. The number of rotatable bonds is 3. The number of piperidine rings is 1. The summed E-state index contributed by atoms with van der Waals surface area (Å²) in [7, 11) is 0. The first-order valence-electron chi connectivity index (χ1n) is 6.60. The normalized spacial score (nSPS) is 18.8. The first kappa shape index (κ1) is 12.6. The summed E-state index contributed by atoms with van der Waals surface area (Å²) in [6.07, 6.45) is 0.821. The van der Waals surface area contributed by atoms with E-state index in [9.17, 15) is 4.39 Å². The second-order valence-corrected chi connectivity index (χ2v) is 5.35. The monoisotopic (exact) mass is 235 g/mol. The summed E-state index contributed by atoms with van der Waals surface area (Å²) in [5.74, 6) is 0.575. The molecule has 0 saturated carbocycles. The number of likely N-dealkylation sites (tertiary alicyclic amines) is 1. The van der Waals surface area contributed by atoms with Gasteiger partial charge in [-0.05, 0) is 29.9 Å². The van der Waals surface area contributed by atoms with Crippen molar-refractivity contribution in [1.29, 1.82) is 0 Å². The van der Waals surface area contributed by atoms with Crippen molar-refractivity contribution in [2.75, 3.05) is 13.1 Å². The topological polar surface area (TPSA) is 3.24 Å². The average molecular weight is 235 g/mol. The summed E-state index contributed by atoms with van der Waals surface area (Å²) in [6.45, 7) is 7.19. The van der Waals surface area contributed by atoms with E-state index in [1.54, 1.807) is 0 Å². The third-order valence-corrected chi connectivity index (χ3v) is 3.54. The van der Waals surface area contributed by atoms with Gasteiger partial charge in [0.15, 0.2) is 0 Å². The minimum atomic E-state index is -0.576. The van der Waals surface area contributed by atoms with Crippen molar-refractivity contribution in [3.8, 4) is 0 Å². The lowest BCUT2D eigenvalue weighted by atomic mass is 10.0. The molecule has 1 nitrogen and oxygen atoms in total. The fourth-order valence-corrected chi connectivity index (χ4v) is 2.37. The Kier molecular flexibility index (Phi) is 4.16. The van der Waals surface area contributed by atoms with Crippen molar-refractivity contribution in [2.45, 2.75) is 45.3 Å². The maximum atomic E-state index is 13.0. The van der Waals surface area contributed by atoms with E-state index in [0.29, 0.717) is 18.8 Å². The summed E-state index contributed by atoms with van der Waals surface area (Å²) in [4.78, 5) is 2.36. The van der Waals surface area contributed by atoms with Crippen LogP contribution in [0.4, 0.5) is 4.39 Å². The van der Waals surface area contributed by atoms with Crippen molar-refractivity contribution in [3.63, 3.8) is 0 Å². The van der Waals surface area contributed by atoms with Crippen LogP contribution in [0.1, 0.15) is 43.7 Å². The number of nitrogens with zero attached hydrogens (tertiary/aromatic N) is 1. The first-order chi connectivity index (χ1) is 8.15. The Bertz CT molecular complexity index is 354. The molecule has 94 valence electrons. The van der Waals surface area contributed by atoms with Crippen molar-refractivity contribution in [3.05, 3.63) is 35.4 Å². The maximum Gasteiger partial charge on any atom is 0.103 e. The summed E-state index contributed by atoms with van der Waals surface area (Å²) >= 11 is 0. The lowest BCUT2D eigenvalue weighted by Gasteiger charge is -2.28. The first-order valence-corrected chi connectivity index (χ1v) is 6.60. The molecule has 1 saturated heterocycles. The Hall–Kier alpha value is -0.890. The molecule has 1 aliphatic heterocycles. The maximum absolute atomic E-state index is 13.0. The van der Waals surface area contributed by atoms with Crippen molar-refractivity contribution < 1.29 is 4.39 Å². The van der Waals surface area contributed by atoms with E-state index in [1.807, 2.05) is 0 Å². The van der Waals surface area contributed by atoms with E-state index in [0.717, 1.165) is 19.6 Å². The van der Waals surface area contributed by atoms with E-state index >= 15 is 0 Å². The molecule has 0 spiro atoms. The molecule has 0 N–H and O–H groups in total. The Morgan fingerprint density at radius 2 is 2.00 bits per heavy atom. The molecule has 0 radical (unpaired) electrons. The van der Waals surface area contributed by atoms with E-state index in [1.165, 1.54) is 11.1 Å². The highest BCUT2D eigenvalue weighted by atomic mass is 19.1. The largest absolute Gasteiger partial charge is 0.299 e. The second kappa shape index (κ2) is 5.63. The van der Waals surface area contributed by atoms with Crippen LogP contribution >= 0.6 is 0 Å². The van der Waals surface area contributed by atoms with Crippen LogP contribution in [0, 0.1) is 0 Å². The van der Waals surface area contributed by atoms with E-state index < -0.39 is 6.17 Å². The summed E-state index contributed by atoms with van der Waals surface area (Å²) in [5, 5.41) is 0. The molecular formula is C15H22FN. The smallest absolute Gasteiger partial charge is 0.103 e. The van der Waals surface area contributed by atoms with Gasteiger partial charge >= 0.3 is 0 Å². The van der Waals surface area contributed by atoms with Gasteiger partial charge in [0.05, 0.1) is 0 Å². The van der Waals surface area contributed by atoms with Crippen LogP contribution in [0.15, 0.2) is 24.3 Å². The highest BCUT2D eigenvalue weighted by molar-refractivity contribution is 5.25. The Balaban J connectivity index is 1.96.